The summed E-state index contributed by atoms with van der Waals surface area (Å²) in [7, 11) is 0. The fourth-order valence-electron chi connectivity index (χ4n) is 6.68. The second kappa shape index (κ2) is 15.5. The molecule has 2 fully saturated rings. The van der Waals surface area contributed by atoms with E-state index in [1.54, 1.807) is 53.1 Å². The van der Waals surface area contributed by atoms with Crippen LogP contribution in [0.4, 0.5) is 18.0 Å². The van der Waals surface area contributed by atoms with Crippen LogP contribution in [0, 0.1) is 0 Å². The van der Waals surface area contributed by atoms with Crippen molar-refractivity contribution in [3.05, 3.63) is 99.0 Å². The number of halogens is 5. The van der Waals surface area contributed by atoms with Crippen LogP contribution in [0.1, 0.15) is 54.1 Å². The number of amides is 4. The van der Waals surface area contributed by atoms with Crippen molar-refractivity contribution in [1.82, 2.24) is 25.3 Å². The van der Waals surface area contributed by atoms with E-state index in [-0.39, 0.29) is 54.7 Å². The number of ether oxygens (including phenoxy) is 1. The molecule has 0 bridgehead atoms. The van der Waals surface area contributed by atoms with Gasteiger partial charge in [0.15, 0.2) is 0 Å². The first-order chi connectivity index (χ1) is 24.4. The first-order valence-electron chi connectivity index (χ1n) is 16.7. The summed E-state index contributed by atoms with van der Waals surface area (Å²) in [5.41, 5.74) is 0.805. The number of aliphatic imine (C=N–C) groups is 1. The van der Waals surface area contributed by atoms with Crippen molar-refractivity contribution >= 4 is 46.9 Å². The minimum atomic E-state index is -4.61. The van der Waals surface area contributed by atoms with E-state index in [1.165, 1.54) is 11.0 Å². The highest BCUT2D eigenvalue weighted by Crippen LogP contribution is 2.46. The third-order valence-electron chi connectivity index (χ3n) is 9.16. The normalized spacial score (nSPS) is 20.2. The summed E-state index contributed by atoms with van der Waals surface area (Å²) in [6.07, 6.45) is -3.65. The van der Waals surface area contributed by atoms with Crippen LogP contribution in [0.3, 0.4) is 0 Å². The highest BCUT2D eigenvalue weighted by molar-refractivity contribution is 6.30. The predicted molar refractivity (Wildman–Crippen MR) is 187 cm³/mol. The SMILES string of the molecule is CCOc1cc(C(F)(F)F)ccc1C1=NC(c2ccc(Cl)cc2)C(c2ccc(Cl)cc2)N1C(=O)N1CCC(NC(=O)CN2CCNC(=O)C2)CC1. The molecule has 4 amide bonds. The molecule has 2 unspecified atom stereocenters. The third kappa shape index (κ3) is 8.43. The van der Waals surface area contributed by atoms with Crippen LogP contribution in [0.2, 0.25) is 10.0 Å². The fourth-order valence-corrected chi connectivity index (χ4v) is 6.94. The van der Waals surface area contributed by atoms with Crippen molar-refractivity contribution in [2.75, 3.05) is 45.9 Å². The summed E-state index contributed by atoms with van der Waals surface area (Å²) < 4.78 is 47.2. The summed E-state index contributed by atoms with van der Waals surface area (Å²) in [6, 6.07) is 15.3. The van der Waals surface area contributed by atoms with Gasteiger partial charge >= 0.3 is 12.2 Å². The average molecular weight is 746 g/mol. The van der Waals surface area contributed by atoms with E-state index in [1.807, 2.05) is 12.1 Å². The lowest BCUT2D eigenvalue weighted by Gasteiger charge is -2.38. The smallest absolute Gasteiger partial charge is 0.416 e. The van der Waals surface area contributed by atoms with Gasteiger partial charge in [0.1, 0.15) is 17.6 Å². The van der Waals surface area contributed by atoms with E-state index >= 15 is 0 Å². The van der Waals surface area contributed by atoms with Gasteiger partial charge in [-0.05, 0) is 73.4 Å². The molecular weight excluding hydrogens is 708 g/mol. The van der Waals surface area contributed by atoms with Crippen molar-refractivity contribution in [2.24, 2.45) is 4.99 Å². The standard InChI is InChI=1S/C36H37Cl2F3N6O4/c1-2-51-29-19-24(36(39,40)41)7-12-28(29)34-44-32(22-3-8-25(37)9-4-22)33(23-5-10-26(38)11-6-23)47(34)35(50)46-16-13-27(14-17-46)43-31(49)21-45-18-15-42-30(48)20-45/h3-12,19,27,32-33H,2,13-18,20-21H2,1H3,(H,42,48)(H,43,49). The number of carbonyl (C=O) groups is 3. The summed E-state index contributed by atoms with van der Waals surface area (Å²) in [4.78, 5) is 49.3. The van der Waals surface area contributed by atoms with Gasteiger partial charge < -0.3 is 20.3 Å². The molecule has 0 saturated carbocycles. The Balaban J connectivity index is 1.32. The summed E-state index contributed by atoms with van der Waals surface area (Å²) in [5, 5.41) is 6.78. The minimum Gasteiger partial charge on any atom is -0.493 e. The number of hydrogen-bond acceptors (Lipinski definition) is 6. The Morgan fingerprint density at radius 1 is 0.961 bits per heavy atom. The molecule has 2 atom stereocenters. The van der Waals surface area contributed by atoms with Gasteiger partial charge in [-0.15, -0.1) is 0 Å². The molecule has 10 nitrogen and oxygen atoms in total. The average Bonchev–Trinajstić information content (AvgIpc) is 3.49. The van der Waals surface area contributed by atoms with Crippen molar-refractivity contribution in [3.63, 3.8) is 0 Å². The number of benzene rings is 3. The Hall–Kier alpha value is -4.33. The molecule has 15 heteroatoms. The maximum absolute atomic E-state index is 14.8. The molecule has 0 aromatic heterocycles. The van der Waals surface area contributed by atoms with Crippen LogP contribution in [-0.2, 0) is 15.8 Å². The highest BCUT2D eigenvalue weighted by Gasteiger charge is 2.45. The molecule has 3 aliphatic heterocycles. The molecule has 270 valence electrons. The quantitative estimate of drug-likeness (QED) is 0.291. The van der Waals surface area contributed by atoms with Crippen LogP contribution in [0.25, 0.3) is 0 Å². The zero-order valence-electron chi connectivity index (χ0n) is 27.8. The minimum absolute atomic E-state index is 0.0527. The van der Waals surface area contributed by atoms with Gasteiger partial charge in [0.25, 0.3) is 0 Å². The third-order valence-corrected chi connectivity index (χ3v) is 9.66. The topological polar surface area (TPSA) is 107 Å². The number of amidine groups is 1. The number of carbonyl (C=O) groups excluding carboxylic acids is 3. The largest absolute Gasteiger partial charge is 0.493 e. The van der Waals surface area contributed by atoms with E-state index in [9.17, 15) is 27.6 Å². The van der Waals surface area contributed by atoms with Crippen molar-refractivity contribution < 1.29 is 32.3 Å². The zero-order valence-corrected chi connectivity index (χ0v) is 29.3. The highest BCUT2D eigenvalue weighted by atomic mass is 35.5. The molecular formula is C36H37Cl2F3N6O4. The molecule has 51 heavy (non-hydrogen) atoms. The van der Waals surface area contributed by atoms with E-state index in [2.05, 4.69) is 10.6 Å². The van der Waals surface area contributed by atoms with Gasteiger partial charge in [0, 0.05) is 42.3 Å². The lowest BCUT2D eigenvalue weighted by atomic mass is 9.93. The van der Waals surface area contributed by atoms with Crippen molar-refractivity contribution in [1.29, 1.82) is 0 Å². The fraction of sp³-hybridized carbons (Fsp3) is 0.389. The van der Waals surface area contributed by atoms with Gasteiger partial charge in [-0.25, -0.2) is 4.79 Å². The van der Waals surface area contributed by atoms with Crippen molar-refractivity contribution in [2.45, 2.75) is 44.1 Å². The molecule has 6 rings (SSSR count). The number of piperazine rings is 1. The van der Waals surface area contributed by atoms with Gasteiger partial charge in [-0.3, -0.25) is 24.4 Å². The van der Waals surface area contributed by atoms with E-state index in [4.69, 9.17) is 32.9 Å². The number of alkyl halides is 3. The predicted octanol–water partition coefficient (Wildman–Crippen LogP) is 6.09. The molecule has 0 spiro atoms. The number of nitrogens with zero attached hydrogens (tertiary/aromatic N) is 4. The van der Waals surface area contributed by atoms with Gasteiger partial charge in [-0.1, -0.05) is 47.5 Å². The Labute approximate surface area is 303 Å². The number of nitrogens with one attached hydrogen (secondary N) is 2. The van der Waals surface area contributed by atoms with Crippen LogP contribution in [-0.4, -0.2) is 90.3 Å². The molecule has 3 aromatic carbocycles. The Bertz CT molecular complexity index is 1780. The van der Waals surface area contributed by atoms with E-state index in [0.29, 0.717) is 54.6 Å². The number of urea groups is 1. The second-order valence-corrected chi connectivity index (χ2v) is 13.5. The summed E-state index contributed by atoms with van der Waals surface area (Å²) in [5.74, 6) is -0.200. The molecule has 0 radical (unpaired) electrons. The van der Waals surface area contributed by atoms with Gasteiger partial charge in [-0.2, -0.15) is 13.2 Å². The number of hydrogen-bond donors (Lipinski definition) is 2. The first-order valence-corrected chi connectivity index (χ1v) is 17.5. The molecule has 2 N–H and O–H groups in total. The van der Waals surface area contributed by atoms with E-state index in [0.717, 1.165) is 17.7 Å². The van der Waals surface area contributed by atoms with Crippen LogP contribution in [0.15, 0.2) is 71.7 Å². The lowest BCUT2D eigenvalue weighted by molar-refractivity contribution is -0.137. The van der Waals surface area contributed by atoms with Crippen molar-refractivity contribution in [3.8, 4) is 5.75 Å². The van der Waals surface area contributed by atoms with Crippen LogP contribution < -0.4 is 15.4 Å². The van der Waals surface area contributed by atoms with Gasteiger partial charge in [0.2, 0.25) is 11.8 Å². The number of rotatable bonds is 8. The Morgan fingerprint density at radius 2 is 1.61 bits per heavy atom. The molecule has 3 aromatic rings. The van der Waals surface area contributed by atoms with E-state index < -0.39 is 29.9 Å². The summed E-state index contributed by atoms with van der Waals surface area (Å²) >= 11 is 12.5. The summed E-state index contributed by atoms with van der Waals surface area (Å²) in [6.45, 7) is 3.71. The van der Waals surface area contributed by atoms with Gasteiger partial charge in [0.05, 0.1) is 36.9 Å². The van der Waals surface area contributed by atoms with Crippen LogP contribution >= 0.6 is 23.2 Å². The Kier molecular flexibility index (Phi) is 11.1. The molecule has 0 aliphatic carbocycles. The monoisotopic (exact) mass is 744 g/mol. The number of likely N-dealkylation sites (tertiary alicyclic amines) is 1. The maximum Gasteiger partial charge on any atom is 0.416 e. The lowest BCUT2D eigenvalue weighted by Crippen LogP contribution is -2.54. The molecule has 3 heterocycles. The molecule has 3 aliphatic rings. The van der Waals surface area contributed by atoms with Crippen LogP contribution in [0.5, 0.6) is 5.75 Å². The zero-order chi connectivity index (χ0) is 36.3. The maximum atomic E-state index is 14.8. The molecule has 2 saturated heterocycles. The Morgan fingerprint density at radius 3 is 2.22 bits per heavy atom. The number of piperidine rings is 1. The first kappa shape index (κ1) is 36.5. The second-order valence-electron chi connectivity index (χ2n) is 12.6.